The summed E-state index contributed by atoms with van der Waals surface area (Å²) in [6, 6.07) is 5.34. The number of hydrogen-bond donors (Lipinski definition) is 1. The zero-order valence-corrected chi connectivity index (χ0v) is 11.4. The van der Waals surface area contributed by atoms with Gasteiger partial charge in [-0.3, -0.25) is 0 Å². The Kier molecular flexibility index (Phi) is 3.82. The van der Waals surface area contributed by atoms with Crippen molar-refractivity contribution >= 4 is 28.7 Å². The molecule has 1 N–H and O–H groups in total. The molecule has 1 aromatic heterocycles. The fourth-order valence-electron chi connectivity index (χ4n) is 1.54. The zero-order chi connectivity index (χ0) is 11.5. The van der Waals surface area contributed by atoms with Crippen LogP contribution in [-0.2, 0) is 6.54 Å². The van der Waals surface area contributed by atoms with E-state index in [9.17, 15) is 0 Å². The van der Waals surface area contributed by atoms with Crippen molar-refractivity contribution in [1.82, 2.24) is 10.2 Å². The van der Waals surface area contributed by atoms with E-state index in [1.165, 1.54) is 17.7 Å². The monoisotopic (exact) mass is 254 g/mol. The van der Waals surface area contributed by atoms with E-state index in [-0.39, 0.29) is 0 Å². The number of thiocarbonyl (C=S) groups is 1. The van der Waals surface area contributed by atoms with Crippen LogP contribution in [0.2, 0.25) is 0 Å². The maximum Gasteiger partial charge on any atom is 0.169 e. The van der Waals surface area contributed by atoms with E-state index < -0.39 is 0 Å². The van der Waals surface area contributed by atoms with Crippen molar-refractivity contribution in [2.75, 3.05) is 0 Å². The summed E-state index contributed by atoms with van der Waals surface area (Å²) in [7, 11) is 0. The van der Waals surface area contributed by atoms with Crippen LogP contribution < -0.4 is 5.32 Å². The third-order valence-corrected chi connectivity index (χ3v) is 3.91. The Morgan fingerprint density at radius 1 is 1.62 bits per heavy atom. The first-order valence-corrected chi connectivity index (χ1v) is 7.05. The molecule has 0 amide bonds. The Labute approximate surface area is 107 Å². The minimum atomic E-state index is 0.445. The van der Waals surface area contributed by atoms with Gasteiger partial charge in [0.1, 0.15) is 0 Å². The molecule has 0 spiro atoms. The first-order chi connectivity index (χ1) is 7.66. The topological polar surface area (TPSA) is 15.3 Å². The molecule has 88 valence electrons. The number of rotatable bonds is 4. The molecule has 1 aromatic rings. The smallest absolute Gasteiger partial charge is 0.169 e. The second-order valence-electron chi connectivity index (χ2n) is 4.52. The van der Waals surface area contributed by atoms with E-state index in [1.807, 2.05) is 0 Å². The first kappa shape index (κ1) is 11.9. The molecule has 0 saturated heterocycles. The predicted molar refractivity (Wildman–Crippen MR) is 73.8 cm³/mol. The summed E-state index contributed by atoms with van der Waals surface area (Å²) in [5, 5.41) is 6.43. The lowest BCUT2D eigenvalue weighted by atomic mass is 10.3. The molecule has 1 heterocycles. The summed E-state index contributed by atoms with van der Waals surface area (Å²) < 4.78 is 0. The average Bonchev–Trinajstić information content (AvgIpc) is 2.89. The van der Waals surface area contributed by atoms with Crippen LogP contribution >= 0.6 is 23.6 Å². The minimum absolute atomic E-state index is 0.445. The zero-order valence-electron chi connectivity index (χ0n) is 9.77. The second kappa shape index (κ2) is 5.15. The molecule has 1 saturated carbocycles. The van der Waals surface area contributed by atoms with Crippen molar-refractivity contribution in [3.05, 3.63) is 22.4 Å². The predicted octanol–water partition coefficient (Wildman–Crippen LogP) is 3.00. The van der Waals surface area contributed by atoms with Gasteiger partial charge < -0.3 is 10.2 Å². The van der Waals surface area contributed by atoms with Crippen LogP contribution in [0.15, 0.2) is 17.5 Å². The van der Waals surface area contributed by atoms with Crippen LogP contribution in [0.1, 0.15) is 31.6 Å². The van der Waals surface area contributed by atoms with Gasteiger partial charge in [-0.15, -0.1) is 11.3 Å². The van der Waals surface area contributed by atoms with E-state index >= 15 is 0 Å². The van der Waals surface area contributed by atoms with Crippen molar-refractivity contribution in [3.8, 4) is 0 Å². The quantitative estimate of drug-likeness (QED) is 0.832. The lowest BCUT2D eigenvalue weighted by molar-refractivity contribution is 0.340. The summed E-state index contributed by atoms with van der Waals surface area (Å²) in [5.74, 6) is 0. The molecule has 1 aliphatic carbocycles. The molecular formula is C12H18N2S2. The highest BCUT2D eigenvalue weighted by atomic mass is 32.1. The van der Waals surface area contributed by atoms with Gasteiger partial charge in [0, 0.05) is 17.0 Å². The van der Waals surface area contributed by atoms with Crippen LogP contribution in [0, 0.1) is 0 Å². The first-order valence-electron chi connectivity index (χ1n) is 5.76. The summed E-state index contributed by atoms with van der Waals surface area (Å²) in [4.78, 5) is 3.63. The molecule has 0 unspecified atom stereocenters. The SMILES string of the molecule is CC(C)N(Cc1cccs1)C(=S)NC1CC1. The summed E-state index contributed by atoms with van der Waals surface area (Å²) in [5.41, 5.74) is 0. The molecule has 0 bridgehead atoms. The maximum atomic E-state index is 5.46. The fraction of sp³-hybridized carbons (Fsp3) is 0.583. The number of hydrogen-bond acceptors (Lipinski definition) is 2. The van der Waals surface area contributed by atoms with Crippen LogP contribution in [-0.4, -0.2) is 22.1 Å². The van der Waals surface area contributed by atoms with E-state index in [0.29, 0.717) is 12.1 Å². The van der Waals surface area contributed by atoms with Crippen molar-refractivity contribution in [1.29, 1.82) is 0 Å². The molecular weight excluding hydrogens is 236 g/mol. The third-order valence-electron chi connectivity index (χ3n) is 2.70. The van der Waals surface area contributed by atoms with E-state index in [0.717, 1.165) is 11.7 Å². The molecule has 2 nitrogen and oxygen atoms in total. The highest BCUT2D eigenvalue weighted by Gasteiger charge is 2.24. The Morgan fingerprint density at radius 2 is 2.38 bits per heavy atom. The average molecular weight is 254 g/mol. The van der Waals surface area contributed by atoms with Crippen LogP contribution in [0.25, 0.3) is 0 Å². The van der Waals surface area contributed by atoms with Crippen LogP contribution in [0.4, 0.5) is 0 Å². The lowest BCUT2D eigenvalue weighted by Gasteiger charge is -2.29. The number of nitrogens with one attached hydrogen (secondary N) is 1. The molecule has 2 rings (SSSR count). The molecule has 4 heteroatoms. The van der Waals surface area contributed by atoms with Gasteiger partial charge in [-0.1, -0.05) is 6.07 Å². The van der Waals surface area contributed by atoms with Gasteiger partial charge in [0.25, 0.3) is 0 Å². The van der Waals surface area contributed by atoms with Gasteiger partial charge in [-0.2, -0.15) is 0 Å². The van der Waals surface area contributed by atoms with Crippen molar-refractivity contribution in [2.24, 2.45) is 0 Å². The van der Waals surface area contributed by atoms with Crippen molar-refractivity contribution in [3.63, 3.8) is 0 Å². The molecule has 1 fully saturated rings. The van der Waals surface area contributed by atoms with E-state index in [2.05, 4.69) is 41.6 Å². The van der Waals surface area contributed by atoms with Crippen LogP contribution in [0.5, 0.6) is 0 Å². The minimum Gasteiger partial charge on any atom is -0.360 e. The van der Waals surface area contributed by atoms with E-state index in [1.54, 1.807) is 11.3 Å². The van der Waals surface area contributed by atoms with Gasteiger partial charge in [-0.05, 0) is 50.4 Å². The molecule has 0 radical (unpaired) electrons. The summed E-state index contributed by atoms with van der Waals surface area (Å²) in [6.07, 6.45) is 2.54. The molecule has 0 atom stereocenters. The van der Waals surface area contributed by atoms with Gasteiger partial charge in [0.15, 0.2) is 5.11 Å². The number of nitrogens with zero attached hydrogens (tertiary/aromatic N) is 1. The second-order valence-corrected chi connectivity index (χ2v) is 5.94. The van der Waals surface area contributed by atoms with Gasteiger partial charge >= 0.3 is 0 Å². The van der Waals surface area contributed by atoms with Gasteiger partial charge in [0.2, 0.25) is 0 Å². The maximum absolute atomic E-state index is 5.46. The number of thiophene rings is 1. The highest BCUT2D eigenvalue weighted by molar-refractivity contribution is 7.80. The normalized spacial score (nSPS) is 15.2. The van der Waals surface area contributed by atoms with Crippen molar-refractivity contribution in [2.45, 2.75) is 45.3 Å². The summed E-state index contributed by atoms with van der Waals surface area (Å²) >= 11 is 7.25. The largest absolute Gasteiger partial charge is 0.360 e. The van der Waals surface area contributed by atoms with Gasteiger partial charge in [0.05, 0.1) is 6.54 Å². The standard InChI is InChI=1S/C12H18N2S2/c1-9(2)14(8-11-4-3-7-16-11)12(15)13-10-5-6-10/h3-4,7,9-10H,5-6,8H2,1-2H3,(H,13,15). The molecule has 0 aliphatic heterocycles. The third kappa shape index (κ3) is 3.19. The Bertz CT molecular complexity index is 342. The highest BCUT2D eigenvalue weighted by Crippen LogP contribution is 2.20. The van der Waals surface area contributed by atoms with Crippen molar-refractivity contribution < 1.29 is 0 Å². The van der Waals surface area contributed by atoms with Gasteiger partial charge in [-0.25, -0.2) is 0 Å². The molecule has 0 aromatic carbocycles. The Balaban J connectivity index is 1.95. The lowest BCUT2D eigenvalue weighted by Crippen LogP contribution is -2.43. The Hall–Kier alpha value is -0.610. The van der Waals surface area contributed by atoms with E-state index in [4.69, 9.17) is 12.2 Å². The molecule has 1 aliphatic rings. The fourth-order valence-corrected chi connectivity index (χ4v) is 2.69. The van der Waals surface area contributed by atoms with Crippen LogP contribution in [0.3, 0.4) is 0 Å². The molecule has 16 heavy (non-hydrogen) atoms. The Morgan fingerprint density at radius 3 is 2.88 bits per heavy atom. The summed E-state index contributed by atoms with van der Waals surface area (Å²) in [6.45, 7) is 5.30.